The first kappa shape index (κ1) is 15.5. The molecule has 3 rings (SSSR count). The number of carbonyl (C=O) groups excluding carboxylic acids is 1. The zero-order chi connectivity index (χ0) is 16.1. The van der Waals surface area contributed by atoms with Gasteiger partial charge in [-0.25, -0.2) is 4.98 Å². The molecule has 4 heteroatoms. The minimum absolute atomic E-state index is 0.0701. The fourth-order valence-corrected chi connectivity index (χ4v) is 3.14. The molecule has 0 radical (unpaired) electrons. The van der Waals surface area contributed by atoms with Crippen LogP contribution in [0.2, 0.25) is 0 Å². The third-order valence-electron chi connectivity index (χ3n) is 4.29. The quantitative estimate of drug-likeness (QED) is 0.864. The number of amides is 1. The van der Waals surface area contributed by atoms with Gasteiger partial charge in [0, 0.05) is 25.2 Å². The average Bonchev–Trinajstić information content (AvgIpc) is 2.61. The number of nitrogens with zero attached hydrogens (tertiary/aromatic N) is 2. The molecule has 1 saturated heterocycles. The zero-order valence-electron chi connectivity index (χ0n) is 13.4. The lowest BCUT2D eigenvalue weighted by Gasteiger charge is -2.35. The number of piperidine rings is 1. The van der Waals surface area contributed by atoms with E-state index in [2.05, 4.69) is 4.98 Å². The molecule has 1 aliphatic heterocycles. The van der Waals surface area contributed by atoms with Crippen LogP contribution in [0.5, 0.6) is 5.88 Å². The Kier molecular flexibility index (Phi) is 4.91. The summed E-state index contributed by atoms with van der Waals surface area (Å²) in [7, 11) is 0. The number of hydrogen-bond acceptors (Lipinski definition) is 3. The minimum atomic E-state index is 0.0701. The van der Waals surface area contributed by atoms with E-state index < -0.39 is 0 Å². The molecule has 1 aromatic heterocycles. The fourth-order valence-electron chi connectivity index (χ4n) is 3.14. The van der Waals surface area contributed by atoms with Crippen LogP contribution in [0, 0.1) is 0 Å². The third-order valence-corrected chi connectivity index (χ3v) is 4.29. The molecule has 1 atom stereocenters. The van der Waals surface area contributed by atoms with Gasteiger partial charge in [-0.1, -0.05) is 36.4 Å². The molecule has 1 aliphatic rings. The molecule has 23 heavy (non-hydrogen) atoms. The van der Waals surface area contributed by atoms with Gasteiger partial charge >= 0.3 is 0 Å². The Bertz CT molecular complexity index is 657. The van der Waals surface area contributed by atoms with Crippen molar-refractivity contribution in [2.45, 2.75) is 38.8 Å². The van der Waals surface area contributed by atoms with Crippen molar-refractivity contribution in [2.75, 3.05) is 6.54 Å². The summed E-state index contributed by atoms with van der Waals surface area (Å²) in [5, 5.41) is 0. The Labute approximate surface area is 137 Å². The van der Waals surface area contributed by atoms with Crippen molar-refractivity contribution in [3.05, 3.63) is 59.8 Å². The van der Waals surface area contributed by atoms with Crippen LogP contribution in [0.4, 0.5) is 0 Å². The van der Waals surface area contributed by atoms with E-state index in [4.69, 9.17) is 4.74 Å². The van der Waals surface area contributed by atoms with E-state index in [1.165, 1.54) is 0 Å². The van der Waals surface area contributed by atoms with Gasteiger partial charge in [-0.3, -0.25) is 4.79 Å². The molecule has 1 amide bonds. The molecule has 2 aromatic rings. The minimum Gasteiger partial charge on any atom is -0.473 e. The Morgan fingerprint density at radius 2 is 2.04 bits per heavy atom. The van der Waals surface area contributed by atoms with Gasteiger partial charge in [-0.05, 0) is 30.9 Å². The number of benzene rings is 1. The first-order chi connectivity index (χ1) is 11.3. The number of pyridine rings is 1. The van der Waals surface area contributed by atoms with Crippen LogP contribution >= 0.6 is 0 Å². The summed E-state index contributed by atoms with van der Waals surface area (Å²) in [6, 6.07) is 14.1. The van der Waals surface area contributed by atoms with Gasteiger partial charge in [-0.2, -0.15) is 0 Å². The lowest BCUT2D eigenvalue weighted by molar-refractivity contribution is -0.132. The largest absolute Gasteiger partial charge is 0.473 e. The second-order valence-corrected chi connectivity index (χ2v) is 5.90. The van der Waals surface area contributed by atoms with E-state index in [-0.39, 0.29) is 11.9 Å². The standard InChI is InChI=1S/C19H22N2O2/c1-15(22)21-13-6-5-11-18(21)17-10-7-12-20-19(17)23-14-16-8-3-2-4-9-16/h2-4,7-10,12,18H,5-6,11,13-14H2,1H3/t18-/m1/s1. The predicted octanol–water partition coefficient (Wildman–Crippen LogP) is 3.73. The maximum absolute atomic E-state index is 11.9. The molecule has 0 saturated carbocycles. The average molecular weight is 310 g/mol. The van der Waals surface area contributed by atoms with Crippen molar-refractivity contribution >= 4 is 5.91 Å². The first-order valence-electron chi connectivity index (χ1n) is 8.14. The first-order valence-corrected chi connectivity index (χ1v) is 8.14. The fraction of sp³-hybridized carbons (Fsp3) is 0.368. The molecular weight excluding hydrogens is 288 g/mol. The Hall–Kier alpha value is -2.36. The van der Waals surface area contributed by atoms with Crippen molar-refractivity contribution in [1.29, 1.82) is 0 Å². The molecule has 1 aromatic carbocycles. The molecule has 0 N–H and O–H groups in total. The summed E-state index contributed by atoms with van der Waals surface area (Å²) in [6.45, 7) is 2.93. The molecule has 4 nitrogen and oxygen atoms in total. The predicted molar refractivity (Wildman–Crippen MR) is 89.0 cm³/mol. The van der Waals surface area contributed by atoms with Crippen molar-refractivity contribution in [3.8, 4) is 5.88 Å². The van der Waals surface area contributed by atoms with E-state index in [9.17, 15) is 4.79 Å². The number of carbonyl (C=O) groups is 1. The van der Waals surface area contributed by atoms with Gasteiger partial charge in [-0.15, -0.1) is 0 Å². The molecular formula is C19H22N2O2. The topological polar surface area (TPSA) is 42.4 Å². The van der Waals surface area contributed by atoms with Gasteiger partial charge in [0.2, 0.25) is 11.8 Å². The van der Waals surface area contributed by atoms with Crippen LogP contribution in [0.1, 0.15) is 43.4 Å². The van der Waals surface area contributed by atoms with E-state index in [1.807, 2.05) is 47.4 Å². The lowest BCUT2D eigenvalue weighted by Crippen LogP contribution is -2.37. The van der Waals surface area contributed by atoms with Gasteiger partial charge < -0.3 is 9.64 Å². The number of ether oxygens (including phenoxy) is 1. The van der Waals surface area contributed by atoms with Crippen molar-refractivity contribution in [3.63, 3.8) is 0 Å². The highest BCUT2D eigenvalue weighted by Gasteiger charge is 2.28. The Morgan fingerprint density at radius 3 is 2.83 bits per heavy atom. The summed E-state index contributed by atoms with van der Waals surface area (Å²) in [4.78, 5) is 18.3. The lowest BCUT2D eigenvalue weighted by atomic mass is 9.96. The summed E-state index contributed by atoms with van der Waals surface area (Å²) in [5.41, 5.74) is 2.12. The van der Waals surface area contributed by atoms with Crippen LogP contribution in [0.25, 0.3) is 0 Å². The Morgan fingerprint density at radius 1 is 1.22 bits per heavy atom. The molecule has 0 aliphatic carbocycles. The molecule has 0 bridgehead atoms. The molecule has 0 unspecified atom stereocenters. The summed E-state index contributed by atoms with van der Waals surface area (Å²) >= 11 is 0. The molecule has 1 fully saturated rings. The summed E-state index contributed by atoms with van der Waals surface area (Å²) in [6.07, 6.45) is 4.90. The molecule has 2 heterocycles. The second kappa shape index (κ2) is 7.27. The third kappa shape index (κ3) is 3.70. The maximum Gasteiger partial charge on any atom is 0.219 e. The van der Waals surface area contributed by atoms with Crippen LogP contribution < -0.4 is 4.74 Å². The smallest absolute Gasteiger partial charge is 0.219 e. The van der Waals surface area contributed by atoms with E-state index in [0.29, 0.717) is 12.5 Å². The molecule has 0 spiro atoms. The van der Waals surface area contributed by atoms with E-state index in [0.717, 1.165) is 36.9 Å². The van der Waals surface area contributed by atoms with Gasteiger partial charge in [0.05, 0.1) is 6.04 Å². The van der Waals surface area contributed by atoms with Crippen LogP contribution in [0.15, 0.2) is 48.7 Å². The van der Waals surface area contributed by atoms with Crippen molar-refractivity contribution in [1.82, 2.24) is 9.88 Å². The zero-order valence-corrected chi connectivity index (χ0v) is 13.4. The van der Waals surface area contributed by atoms with Crippen LogP contribution in [-0.4, -0.2) is 22.3 Å². The Balaban J connectivity index is 1.80. The van der Waals surface area contributed by atoms with E-state index in [1.54, 1.807) is 13.1 Å². The number of aromatic nitrogens is 1. The van der Waals surface area contributed by atoms with Crippen molar-refractivity contribution < 1.29 is 9.53 Å². The maximum atomic E-state index is 11.9. The SMILES string of the molecule is CC(=O)N1CCCC[C@@H]1c1cccnc1OCc1ccccc1. The van der Waals surface area contributed by atoms with Gasteiger partial charge in [0.1, 0.15) is 6.61 Å². The monoisotopic (exact) mass is 310 g/mol. The summed E-state index contributed by atoms with van der Waals surface area (Å²) < 4.78 is 5.96. The highest BCUT2D eigenvalue weighted by Crippen LogP contribution is 2.35. The highest BCUT2D eigenvalue weighted by atomic mass is 16.5. The van der Waals surface area contributed by atoms with E-state index >= 15 is 0 Å². The van der Waals surface area contributed by atoms with Crippen LogP contribution in [-0.2, 0) is 11.4 Å². The normalized spacial score (nSPS) is 17.8. The number of likely N-dealkylation sites (tertiary alicyclic amines) is 1. The summed E-state index contributed by atoms with van der Waals surface area (Å²) in [5.74, 6) is 0.752. The highest BCUT2D eigenvalue weighted by molar-refractivity contribution is 5.74. The van der Waals surface area contributed by atoms with Crippen LogP contribution in [0.3, 0.4) is 0 Å². The molecule has 120 valence electrons. The second-order valence-electron chi connectivity index (χ2n) is 5.90. The van der Waals surface area contributed by atoms with Crippen molar-refractivity contribution in [2.24, 2.45) is 0 Å². The van der Waals surface area contributed by atoms with Gasteiger partial charge in [0.15, 0.2) is 0 Å². The number of rotatable bonds is 4. The number of hydrogen-bond donors (Lipinski definition) is 0. The van der Waals surface area contributed by atoms with Gasteiger partial charge in [0.25, 0.3) is 0 Å².